The van der Waals surface area contributed by atoms with E-state index < -0.39 is 11.4 Å². The molecule has 0 heterocycles. The summed E-state index contributed by atoms with van der Waals surface area (Å²) in [6.45, 7) is 6.27. The lowest BCUT2D eigenvalue weighted by Crippen LogP contribution is -2.29. The summed E-state index contributed by atoms with van der Waals surface area (Å²) < 4.78 is 0. The number of aryl methyl sites for hydroxylation is 1. The highest BCUT2D eigenvalue weighted by molar-refractivity contribution is 5.97. The molecule has 0 radical (unpaired) electrons. The monoisotopic (exact) mass is 277 g/mol. The SMILES string of the molecule is CC(=O)c1ccc(NC(=O)CC(C)(C)C(=O)O)cc1C. The second-order valence-corrected chi connectivity index (χ2v) is 5.50. The Labute approximate surface area is 118 Å². The number of carbonyl (C=O) groups is 3. The lowest BCUT2D eigenvalue weighted by Gasteiger charge is -2.18. The number of ketones is 1. The molecule has 0 saturated carbocycles. The summed E-state index contributed by atoms with van der Waals surface area (Å²) in [6.07, 6.45) is -0.115. The predicted octanol–water partition coefficient (Wildman–Crippen LogP) is 2.64. The summed E-state index contributed by atoms with van der Waals surface area (Å²) in [6, 6.07) is 4.98. The van der Waals surface area contributed by atoms with Crippen molar-refractivity contribution >= 4 is 23.3 Å². The van der Waals surface area contributed by atoms with Gasteiger partial charge in [-0.25, -0.2) is 0 Å². The molecule has 0 unspecified atom stereocenters. The summed E-state index contributed by atoms with van der Waals surface area (Å²) in [4.78, 5) is 34.1. The van der Waals surface area contributed by atoms with Crippen LogP contribution >= 0.6 is 0 Å². The molecular formula is C15H19NO4. The number of hydrogen-bond acceptors (Lipinski definition) is 3. The second kappa shape index (κ2) is 5.86. The van der Waals surface area contributed by atoms with E-state index in [9.17, 15) is 14.4 Å². The van der Waals surface area contributed by atoms with Crippen molar-refractivity contribution in [2.24, 2.45) is 5.41 Å². The number of hydrogen-bond donors (Lipinski definition) is 2. The molecule has 20 heavy (non-hydrogen) atoms. The minimum absolute atomic E-state index is 0.0348. The first-order chi connectivity index (χ1) is 9.13. The fourth-order valence-corrected chi connectivity index (χ4v) is 1.82. The van der Waals surface area contributed by atoms with Crippen LogP contribution in [0.5, 0.6) is 0 Å². The van der Waals surface area contributed by atoms with Gasteiger partial charge >= 0.3 is 5.97 Å². The van der Waals surface area contributed by atoms with Gasteiger partial charge in [-0.15, -0.1) is 0 Å². The molecule has 0 spiro atoms. The van der Waals surface area contributed by atoms with Crippen LogP contribution in [-0.2, 0) is 9.59 Å². The first-order valence-electron chi connectivity index (χ1n) is 6.28. The van der Waals surface area contributed by atoms with Gasteiger partial charge in [-0.05, 0) is 51.5 Å². The Morgan fingerprint density at radius 3 is 2.30 bits per heavy atom. The smallest absolute Gasteiger partial charge is 0.309 e. The Kier molecular flexibility index (Phi) is 4.65. The quantitative estimate of drug-likeness (QED) is 0.810. The summed E-state index contributed by atoms with van der Waals surface area (Å²) >= 11 is 0. The highest BCUT2D eigenvalue weighted by atomic mass is 16.4. The highest BCUT2D eigenvalue weighted by Crippen LogP contribution is 2.22. The highest BCUT2D eigenvalue weighted by Gasteiger charge is 2.30. The molecule has 0 aliphatic heterocycles. The molecule has 0 saturated heterocycles. The van der Waals surface area contributed by atoms with Gasteiger partial charge in [0, 0.05) is 17.7 Å². The summed E-state index contributed by atoms with van der Waals surface area (Å²) in [7, 11) is 0. The Bertz CT molecular complexity index is 561. The van der Waals surface area contributed by atoms with Crippen LogP contribution in [0.1, 0.15) is 43.1 Å². The van der Waals surface area contributed by atoms with E-state index in [0.29, 0.717) is 11.3 Å². The average molecular weight is 277 g/mol. The molecule has 0 aromatic heterocycles. The molecule has 2 N–H and O–H groups in total. The molecular weight excluding hydrogens is 258 g/mol. The lowest BCUT2D eigenvalue weighted by molar-refractivity contribution is -0.148. The first kappa shape index (κ1) is 15.9. The maximum absolute atomic E-state index is 11.8. The van der Waals surface area contributed by atoms with Crippen molar-refractivity contribution in [3.05, 3.63) is 29.3 Å². The number of carboxylic acid groups (broad SMARTS) is 1. The Morgan fingerprint density at radius 1 is 1.25 bits per heavy atom. The first-order valence-corrected chi connectivity index (χ1v) is 6.28. The van der Waals surface area contributed by atoms with Crippen molar-refractivity contribution in [3.8, 4) is 0 Å². The van der Waals surface area contributed by atoms with Crippen LogP contribution in [0.3, 0.4) is 0 Å². The number of carboxylic acids is 1. The topological polar surface area (TPSA) is 83.5 Å². The van der Waals surface area contributed by atoms with Crippen LogP contribution in [0.2, 0.25) is 0 Å². The van der Waals surface area contributed by atoms with Crippen molar-refractivity contribution in [3.63, 3.8) is 0 Å². The van der Waals surface area contributed by atoms with Gasteiger partial charge in [-0.1, -0.05) is 0 Å². The maximum Gasteiger partial charge on any atom is 0.309 e. The van der Waals surface area contributed by atoms with Crippen LogP contribution in [0.15, 0.2) is 18.2 Å². The number of amides is 1. The number of aliphatic carboxylic acids is 1. The van der Waals surface area contributed by atoms with E-state index in [1.54, 1.807) is 25.1 Å². The van der Waals surface area contributed by atoms with Gasteiger partial charge < -0.3 is 10.4 Å². The number of anilines is 1. The molecule has 0 fully saturated rings. The molecule has 5 heteroatoms. The fraction of sp³-hybridized carbons (Fsp3) is 0.400. The minimum Gasteiger partial charge on any atom is -0.481 e. The Balaban J connectivity index is 2.80. The van der Waals surface area contributed by atoms with E-state index in [4.69, 9.17) is 5.11 Å². The van der Waals surface area contributed by atoms with Gasteiger partial charge in [0.05, 0.1) is 5.41 Å². The fourth-order valence-electron chi connectivity index (χ4n) is 1.82. The van der Waals surface area contributed by atoms with Gasteiger partial charge in [-0.3, -0.25) is 14.4 Å². The maximum atomic E-state index is 11.8. The normalized spacial score (nSPS) is 11.0. The molecule has 0 atom stereocenters. The zero-order valence-electron chi connectivity index (χ0n) is 12.1. The van der Waals surface area contributed by atoms with Crippen LogP contribution in [0, 0.1) is 12.3 Å². The molecule has 0 bridgehead atoms. The van der Waals surface area contributed by atoms with Gasteiger partial charge in [0.15, 0.2) is 5.78 Å². The zero-order valence-corrected chi connectivity index (χ0v) is 12.1. The third-order valence-electron chi connectivity index (χ3n) is 3.07. The summed E-state index contributed by atoms with van der Waals surface area (Å²) in [5.74, 6) is -1.42. The Morgan fingerprint density at radius 2 is 1.85 bits per heavy atom. The van der Waals surface area contributed by atoms with Gasteiger partial charge in [-0.2, -0.15) is 0 Å². The molecule has 1 aromatic rings. The van der Waals surface area contributed by atoms with Crippen molar-refractivity contribution in [2.45, 2.75) is 34.1 Å². The van der Waals surface area contributed by atoms with Gasteiger partial charge in [0.25, 0.3) is 0 Å². The second-order valence-electron chi connectivity index (χ2n) is 5.50. The number of benzene rings is 1. The molecule has 108 valence electrons. The lowest BCUT2D eigenvalue weighted by atomic mass is 9.89. The molecule has 0 aliphatic carbocycles. The molecule has 1 amide bonds. The number of nitrogens with one attached hydrogen (secondary N) is 1. The molecule has 5 nitrogen and oxygen atoms in total. The largest absolute Gasteiger partial charge is 0.481 e. The third-order valence-corrected chi connectivity index (χ3v) is 3.07. The number of rotatable bonds is 5. The van der Waals surface area contributed by atoms with E-state index in [1.807, 2.05) is 0 Å². The van der Waals surface area contributed by atoms with Gasteiger partial charge in [0.1, 0.15) is 0 Å². The van der Waals surface area contributed by atoms with E-state index in [0.717, 1.165) is 5.56 Å². The van der Waals surface area contributed by atoms with Crippen molar-refractivity contribution in [1.82, 2.24) is 0 Å². The van der Waals surface area contributed by atoms with Crippen molar-refractivity contribution < 1.29 is 19.5 Å². The number of carbonyl (C=O) groups excluding carboxylic acids is 2. The third kappa shape index (κ3) is 3.91. The van der Waals surface area contributed by atoms with Crippen LogP contribution < -0.4 is 5.32 Å². The summed E-state index contributed by atoms with van der Waals surface area (Å²) in [5, 5.41) is 11.6. The van der Waals surface area contributed by atoms with E-state index in [2.05, 4.69) is 5.32 Å². The van der Waals surface area contributed by atoms with E-state index >= 15 is 0 Å². The van der Waals surface area contributed by atoms with E-state index in [1.165, 1.54) is 20.8 Å². The Hall–Kier alpha value is -2.17. The van der Waals surface area contributed by atoms with Crippen LogP contribution in [0.25, 0.3) is 0 Å². The van der Waals surface area contributed by atoms with Crippen LogP contribution in [0.4, 0.5) is 5.69 Å². The number of Topliss-reactive ketones (excluding diaryl/α,β-unsaturated/α-hetero) is 1. The zero-order chi connectivity index (χ0) is 15.5. The minimum atomic E-state index is -1.11. The average Bonchev–Trinajstić information content (AvgIpc) is 2.26. The van der Waals surface area contributed by atoms with E-state index in [-0.39, 0.29) is 18.1 Å². The van der Waals surface area contributed by atoms with Crippen LogP contribution in [-0.4, -0.2) is 22.8 Å². The standard InChI is InChI=1S/C15H19NO4/c1-9-7-11(5-6-12(9)10(2)17)16-13(18)8-15(3,4)14(19)20/h5-7H,8H2,1-4H3,(H,16,18)(H,19,20). The molecule has 0 aliphatic rings. The predicted molar refractivity (Wildman–Crippen MR) is 75.8 cm³/mol. The molecule has 1 aromatic carbocycles. The van der Waals surface area contributed by atoms with Crippen molar-refractivity contribution in [2.75, 3.05) is 5.32 Å². The molecule has 1 rings (SSSR count). The van der Waals surface area contributed by atoms with Gasteiger partial charge in [0.2, 0.25) is 5.91 Å². The summed E-state index contributed by atoms with van der Waals surface area (Å²) in [5.41, 5.74) is 0.818. The van der Waals surface area contributed by atoms with Crippen molar-refractivity contribution in [1.29, 1.82) is 0 Å².